The van der Waals surface area contributed by atoms with Gasteiger partial charge in [-0.05, 0) is 61.7 Å². The van der Waals surface area contributed by atoms with Crippen molar-refractivity contribution in [3.63, 3.8) is 0 Å². The SMILES string of the molecule is Cc1ccccc1N1CCN([C@@H]2CCCN(Cc3cccc(-n4cccn4)c3)C2)CC1. The standard InChI is InChI=1S/C26H33N5/c1-22-7-2-3-11-26(22)30-17-15-29(16-18-30)25-10-5-13-28(21-25)20-23-8-4-9-24(19-23)31-14-6-12-27-31/h2-4,6-9,11-12,14,19,25H,5,10,13,15-18,20-21H2,1H3/t25-/m1/s1. The molecule has 162 valence electrons. The summed E-state index contributed by atoms with van der Waals surface area (Å²) in [6.45, 7) is 10.2. The van der Waals surface area contributed by atoms with Gasteiger partial charge in [0.25, 0.3) is 0 Å². The Morgan fingerprint density at radius 2 is 1.81 bits per heavy atom. The molecule has 3 heterocycles. The summed E-state index contributed by atoms with van der Waals surface area (Å²) in [5, 5.41) is 4.37. The van der Waals surface area contributed by atoms with Gasteiger partial charge in [-0.25, -0.2) is 4.68 Å². The maximum absolute atomic E-state index is 4.37. The Morgan fingerprint density at radius 3 is 2.61 bits per heavy atom. The lowest BCUT2D eigenvalue weighted by molar-refractivity contribution is 0.0887. The van der Waals surface area contributed by atoms with Crippen molar-refractivity contribution < 1.29 is 0 Å². The summed E-state index contributed by atoms with van der Waals surface area (Å²) in [6, 6.07) is 20.2. The smallest absolute Gasteiger partial charge is 0.0648 e. The Hall–Kier alpha value is -2.63. The van der Waals surface area contributed by atoms with Crippen LogP contribution in [0, 0.1) is 6.92 Å². The topological polar surface area (TPSA) is 27.5 Å². The van der Waals surface area contributed by atoms with Crippen LogP contribution in [0.15, 0.2) is 67.0 Å². The number of rotatable bonds is 5. The van der Waals surface area contributed by atoms with Crippen molar-refractivity contribution in [3.8, 4) is 5.69 Å². The van der Waals surface area contributed by atoms with Crippen molar-refractivity contribution in [2.24, 2.45) is 0 Å². The van der Waals surface area contributed by atoms with Crippen LogP contribution in [-0.2, 0) is 6.54 Å². The Morgan fingerprint density at radius 1 is 0.935 bits per heavy atom. The molecule has 2 aromatic carbocycles. The molecule has 0 aliphatic carbocycles. The number of benzene rings is 2. The lowest BCUT2D eigenvalue weighted by Crippen LogP contribution is -2.55. The third-order valence-electron chi connectivity index (χ3n) is 6.85. The number of aromatic nitrogens is 2. The van der Waals surface area contributed by atoms with E-state index >= 15 is 0 Å². The number of piperidine rings is 1. The lowest BCUT2D eigenvalue weighted by Gasteiger charge is -2.44. The van der Waals surface area contributed by atoms with E-state index in [1.807, 2.05) is 23.1 Å². The van der Waals surface area contributed by atoms with Gasteiger partial charge in [0.15, 0.2) is 0 Å². The van der Waals surface area contributed by atoms with E-state index in [0.29, 0.717) is 6.04 Å². The first-order chi connectivity index (χ1) is 15.3. The van der Waals surface area contributed by atoms with Gasteiger partial charge in [-0.3, -0.25) is 9.80 Å². The number of likely N-dealkylation sites (tertiary alicyclic amines) is 1. The summed E-state index contributed by atoms with van der Waals surface area (Å²) in [5.74, 6) is 0. The number of para-hydroxylation sites is 1. The number of hydrogen-bond acceptors (Lipinski definition) is 4. The molecule has 5 heteroatoms. The van der Waals surface area contributed by atoms with E-state index in [2.05, 4.69) is 75.3 Å². The van der Waals surface area contributed by atoms with E-state index in [1.165, 1.54) is 55.8 Å². The van der Waals surface area contributed by atoms with Gasteiger partial charge in [0, 0.05) is 63.4 Å². The summed E-state index contributed by atoms with van der Waals surface area (Å²) in [4.78, 5) is 7.94. The molecule has 2 aliphatic heterocycles. The molecule has 0 N–H and O–H groups in total. The van der Waals surface area contributed by atoms with Crippen LogP contribution < -0.4 is 4.90 Å². The minimum Gasteiger partial charge on any atom is -0.369 e. The fraction of sp³-hybridized carbons (Fsp3) is 0.423. The highest BCUT2D eigenvalue weighted by molar-refractivity contribution is 5.53. The summed E-state index contributed by atoms with van der Waals surface area (Å²) >= 11 is 0. The zero-order chi connectivity index (χ0) is 21.0. The Balaban J connectivity index is 1.18. The Kier molecular flexibility index (Phi) is 6.05. The van der Waals surface area contributed by atoms with Gasteiger partial charge < -0.3 is 4.90 Å². The molecule has 1 atom stereocenters. The van der Waals surface area contributed by atoms with E-state index in [0.717, 1.165) is 25.3 Å². The normalized spacial score (nSPS) is 20.8. The first kappa shape index (κ1) is 20.3. The molecule has 5 rings (SSSR count). The number of aryl methyl sites for hydroxylation is 1. The van der Waals surface area contributed by atoms with Crippen LogP contribution in [0.1, 0.15) is 24.0 Å². The third-order valence-corrected chi connectivity index (χ3v) is 6.85. The number of anilines is 1. The summed E-state index contributed by atoms with van der Waals surface area (Å²) < 4.78 is 1.94. The molecule has 0 radical (unpaired) electrons. The molecule has 5 nitrogen and oxygen atoms in total. The molecule has 0 unspecified atom stereocenters. The van der Waals surface area contributed by atoms with Crippen molar-refractivity contribution in [1.82, 2.24) is 19.6 Å². The highest BCUT2D eigenvalue weighted by Gasteiger charge is 2.28. The van der Waals surface area contributed by atoms with Crippen molar-refractivity contribution in [3.05, 3.63) is 78.1 Å². The van der Waals surface area contributed by atoms with E-state index in [4.69, 9.17) is 0 Å². The quantitative estimate of drug-likeness (QED) is 0.630. The fourth-order valence-electron chi connectivity index (χ4n) is 5.20. The molecule has 3 aromatic rings. The molecule has 31 heavy (non-hydrogen) atoms. The molecule has 1 aromatic heterocycles. The monoisotopic (exact) mass is 415 g/mol. The van der Waals surface area contributed by atoms with Gasteiger partial charge in [-0.2, -0.15) is 5.10 Å². The van der Waals surface area contributed by atoms with Gasteiger partial charge in [0.05, 0.1) is 5.69 Å². The maximum Gasteiger partial charge on any atom is 0.0648 e. The summed E-state index contributed by atoms with van der Waals surface area (Å²) in [7, 11) is 0. The predicted octanol–water partition coefficient (Wildman–Crippen LogP) is 3.97. The first-order valence-electron chi connectivity index (χ1n) is 11.6. The predicted molar refractivity (Wildman–Crippen MR) is 127 cm³/mol. The third kappa shape index (κ3) is 4.68. The van der Waals surface area contributed by atoms with Gasteiger partial charge in [-0.1, -0.05) is 30.3 Å². The average molecular weight is 416 g/mol. The Bertz CT molecular complexity index is 975. The van der Waals surface area contributed by atoms with Gasteiger partial charge in [-0.15, -0.1) is 0 Å². The van der Waals surface area contributed by atoms with Crippen LogP contribution in [-0.4, -0.2) is 64.9 Å². The maximum atomic E-state index is 4.37. The van der Waals surface area contributed by atoms with Crippen LogP contribution in [0.5, 0.6) is 0 Å². The molecular formula is C26H33N5. The molecule has 0 bridgehead atoms. The van der Waals surface area contributed by atoms with Crippen LogP contribution in [0.4, 0.5) is 5.69 Å². The van der Waals surface area contributed by atoms with Crippen molar-refractivity contribution in [2.75, 3.05) is 44.2 Å². The van der Waals surface area contributed by atoms with Crippen LogP contribution >= 0.6 is 0 Å². The first-order valence-corrected chi connectivity index (χ1v) is 11.6. The Labute approximate surface area is 185 Å². The molecular weight excluding hydrogens is 382 g/mol. The van der Waals surface area contributed by atoms with Gasteiger partial charge in [0.2, 0.25) is 0 Å². The van der Waals surface area contributed by atoms with Crippen LogP contribution in [0.2, 0.25) is 0 Å². The zero-order valence-corrected chi connectivity index (χ0v) is 18.5. The number of hydrogen-bond donors (Lipinski definition) is 0. The van der Waals surface area contributed by atoms with E-state index in [9.17, 15) is 0 Å². The molecule has 2 aliphatic rings. The van der Waals surface area contributed by atoms with Crippen molar-refractivity contribution in [1.29, 1.82) is 0 Å². The second kappa shape index (κ2) is 9.25. The molecule has 0 saturated carbocycles. The number of piperazine rings is 1. The molecule has 0 spiro atoms. The second-order valence-corrected chi connectivity index (χ2v) is 8.96. The summed E-state index contributed by atoms with van der Waals surface area (Å²) in [5.41, 5.74) is 5.31. The minimum absolute atomic E-state index is 0.682. The molecule has 0 amide bonds. The minimum atomic E-state index is 0.682. The average Bonchev–Trinajstić information content (AvgIpc) is 3.35. The second-order valence-electron chi connectivity index (χ2n) is 8.96. The lowest BCUT2D eigenvalue weighted by atomic mass is 10.0. The van der Waals surface area contributed by atoms with Crippen molar-refractivity contribution >= 4 is 5.69 Å². The molecule has 2 fully saturated rings. The largest absolute Gasteiger partial charge is 0.369 e. The van der Waals surface area contributed by atoms with Gasteiger partial charge in [0.1, 0.15) is 0 Å². The fourth-order valence-corrected chi connectivity index (χ4v) is 5.20. The zero-order valence-electron chi connectivity index (χ0n) is 18.5. The summed E-state index contributed by atoms with van der Waals surface area (Å²) in [6.07, 6.45) is 6.46. The van der Waals surface area contributed by atoms with E-state index in [-0.39, 0.29) is 0 Å². The van der Waals surface area contributed by atoms with Crippen molar-refractivity contribution in [2.45, 2.75) is 32.4 Å². The van der Waals surface area contributed by atoms with Crippen LogP contribution in [0.3, 0.4) is 0 Å². The van der Waals surface area contributed by atoms with Gasteiger partial charge >= 0.3 is 0 Å². The van der Waals surface area contributed by atoms with E-state index < -0.39 is 0 Å². The van der Waals surface area contributed by atoms with E-state index in [1.54, 1.807) is 0 Å². The highest BCUT2D eigenvalue weighted by atomic mass is 15.3. The molecule has 2 saturated heterocycles. The number of nitrogens with zero attached hydrogens (tertiary/aromatic N) is 5. The van der Waals surface area contributed by atoms with Crippen LogP contribution in [0.25, 0.3) is 5.69 Å². The highest BCUT2D eigenvalue weighted by Crippen LogP contribution is 2.24.